The maximum Gasteiger partial charge on any atom is 0.141 e. The number of fused-ring (bicyclic) bond motifs is 3. The van der Waals surface area contributed by atoms with Crippen LogP contribution in [0.4, 0.5) is 0 Å². The molecule has 5 heteroatoms. The van der Waals surface area contributed by atoms with Crippen molar-refractivity contribution in [2.75, 3.05) is 13.1 Å². The van der Waals surface area contributed by atoms with Gasteiger partial charge in [0, 0.05) is 27.4 Å². The Kier molecular flexibility index (Phi) is 4.52. The molecular formula is C23H25BrN3O+. The zero-order valence-electron chi connectivity index (χ0n) is 16.1. The second-order valence-corrected chi connectivity index (χ2v) is 9.04. The second-order valence-electron chi connectivity index (χ2n) is 8.12. The van der Waals surface area contributed by atoms with E-state index in [-0.39, 0.29) is 0 Å². The number of oxime groups is 1. The average Bonchev–Trinajstić information content (AvgIpc) is 3.03. The van der Waals surface area contributed by atoms with Crippen LogP contribution in [0.15, 0.2) is 52.1 Å². The Labute approximate surface area is 173 Å². The number of hydrogen-bond acceptors (Lipinski definition) is 2. The van der Waals surface area contributed by atoms with Crippen LogP contribution in [0.25, 0.3) is 10.9 Å². The molecule has 3 aromatic rings. The zero-order chi connectivity index (χ0) is 19.3. The predicted molar refractivity (Wildman–Crippen MR) is 116 cm³/mol. The Hall–Kier alpha value is -2.11. The molecule has 1 aliphatic heterocycles. The number of nitrogens with one attached hydrogen (secondary N) is 1. The van der Waals surface area contributed by atoms with E-state index < -0.39 is 0 Å². The minimum absolute atomic E-state index is 0.484. The van der Waals surface area contributed by atoms with Crippen molar-refractivity contribution in [3.05, 3.63) is 69.3 Å². The number of rotatable bonds is 3. The van der Waals surface area contributed by atoms with Crippen molar-refractivity contribution in [2.24, 2.45) is 5.16 Å². The molecule has 0 saturated carbocycles. The van der Waals surface area contributed by atoms with Crippen LogP contribution >= 0.6 is 15.9 Å². The van der Waals surface area contributed by atoms with Crippen LogP contribution in [0.1, 0.15) is 41.3 Å². The minimum atomic E-state index is 0.484. The van der Waals surface area contributed by atoms with Crippen LogP contribution < -0.4 is 4.90 Å². The molecule has 0 fully saturated rings. The topological polar surface area (TPSA) is 42.0 Å². The third-order valence-electron chi connectivity index (χ3n) is 6.46. The molecule has 0 spiro atoms. The highest BCUT2D eigenvalue weighted by Crippen LogP contribution is 2.37. The highest BCUT2D eigenvalue weighted by Gasteiger charge is 2.38. The second kappa shape index (κ2) is 7.05. The van der Waals surface area contributed by atoms with E-state index in [1.165, 1.54) is 46.3 Å². The minimum Gasteiger partial charge on any atom is -0.410 e. The van der Waals surface area contributed by atoms with Crippen molar-refractivity contribution in [2.45, 2.75) is 38.8 Å². The Bertz CT molecular complexity index is 1070. The van der Waals surface area contributed by atoms with Crippen molar-refractivity contribution in [3.8, 4) is 0 Å². The molecule has 144 valence electrons. The lowest BCUT2D eigenvalue weighted by atomic mass is 9.89. The van der Waals surface area contributed by atoms with Gasteiger partial charge in [-0.2, -0.15) is 0 Å². The third-order valence-corrected chi connectivity index (χ3v) is 6.99. The molecule has 0 saturated heterocycles. The maximum atomic E-state index is 9.70. The van der Waals surface area contributed by atoms with E-state index in [0.717, 1.165) is 35.4 Å². The molecule has 5 rings (SSSR count). The lowest BCUT2D eigenvalue weighted by Crippen LogP contribution is -3.14. The molecule has 0 radical (unpaired) electrons. The first kappa shape index (κ1) is 18.0. The number of quaternary nitrogens is 1. The zero-order valence-corrected chi connectivity index (χ0v) is 17.7. The normalized spacial score (nSPS) is 21.7. The van der Waals surface area contributed by atoms with Gasteiger partial charge in [0.25, 0.3) is 0 Å². The van der Waals surface area contributed by atoms with Crippen molar-refractivity contribution >= 4 is 32.5 Å². The van der Waals surface area contributed by atoms with E-state index in [0.29, 0.717) is 6.04 Å². The van der Waals surface area contributed by atoms with E-state index >= 15 is 0 Å². The van der Waals surface area contributed by atoms with Gasteiger partial charge < -0.3 is 14.7 Å². The standard InChI is InChI=1S/C23H24BrN3O/c1-15-5-10-21-19(13-15)18-3-2-4-22-23(18)27(21)12-11-26(22)14-20(25-28)16-6-8-17(24)9-7-16/h5-10,13,22,28H,2-4,11-12,14H2,1H3/p+1/b25-20+/t22-/m1/s1. The number of aromatic nitrogens is 1. The smallest absolute Gasteiger partial charge is 0.141 e. The summed E-state index contributed by atoms with van der Waals surface area (Å²) in [6.07, 6.45) is 3.62. The molecular weight excluding hydrogens is 414 g/mol. The first-order valence-electron chi connectivity index (χ1n) is 10.1. The molecule has 2 aromatic carbocycles. The van der Waals surface area contributed by atoms with Crippen molar-refractivity contribution in [1.29, 1.82) is 0 Å². The average molecular weight is 439 g/mol. The van der Waals surface area contributed by atoms with Crippen molar-refractivity contribution in [1.82, 2.24) is 4.57 Å². The van der Waals surface area contributed by atoms with Crippen molar-refractivity contribution < 1.29 is 10.1 Å². The van der Waals surface area contributed by atoms with Crippen molar-refractivity contribution in [3.63, 3.8) is 0 Å². The molecule has 2 N–H and O–H groups in total. The third kappa shape index (κ3) is 2.88. The molecule has 1 unspecified atom stereocenters. The molecule has 0 amide bonds. The Morgan fingerprint density at radius 1 is 1.25 bits per heavy atom. The predicted octanol–water partition coefficient (Wildman–Crippen LogP) is 3.87. The van der Waals surface area contributed by atoms with E-state index in [2.05, 4.69) is 50.8 Å². The summed E-state index contributed by atoms with van der Waals surface area (Å²) in [4.78, 5) is 1.52. The molecule has 28 heavy (non-hydrogen) atoms. The van der Waals surface area contributed by atoms with Crippen LogP contribution in [-0.4, -0.2) is 28.6 Å². The van der Waals surface area contributed by atoms with E-state index in [9.17, 15) is 5.21 Å². The van der Waals surface area contributed by atoms with Gasteiger partial charge in [0.15, 0.2) is 0 Å². The van der Waals surface area contributed by atoms with E-state index in [1.54, 1.807) is 5.56 Å². The lowest BCUT2D eigenvalue weighted by molar-refractivity contribution is -0.928. The van der Waals surface area contributed by atoms with Crippen LogP contribution in [0, 0.1) is 6.92 Å². The molecule has 4 nitrogen and oxygen atoms in total. The first-order valence-corrected chi connectivity index (χ1v) is 10.9. The number of benzene rings is 2. The summed E-state index contributed by atoms with van der Waals surface area (Å²) in [6, 6.07) is 15.4. The molecule has 1 aromatic heterocycles. The number of nitrogens with zero attached hydrogens (tertiary/aromatic N) is 2. The van der Waals surface area contributed by atoms with Crippen LogP contribution in [-0.2, 0) is 13.0 Å². The van der Waals surface area contributed by atoms with Gasteiger partial charge in [-0.25, -0.2) is 0 Å². The summed E-state index contributed by atoms with van der Waals surface area (Å²) in [5.41, 5.74) is 7.58. The summed E-state index contributed by atoms with van der Waals surface area (Å²) in [6.45, 7) is 5.02. The van der Waals surface area contributed by atoms with Gasteiger partial charge in [-0.05, 0) is 49.6 Å². The largest absolute Gasteiger partial charge is 0.410 e. The fourth-order valence-corrected chi connectivity index (χ4v) is 5.43. The number of hydrogen-bond donors (Lipinski definition) is 2. The summed E-state index contributed by atoms with van der Waals surface area (Å²) >= 11 is 3.48. The summed E-state index contributed by atoms with van der Waals surface area (Å²) in [7, 11) is 0. The van der Waals surface area contributed by atoms with E-state index in [1.807, 2.05) is 24.3 Å². The van der Waals surface area contributed by atoms with Gasteiger partial charge in [0.2, 0.25) is 0 Å². The quantitative estimate of drug-likeness (QED) is 0.363. The highest BCUT2D eigenvalue weighted by molar-refractivity contribution is 9.10. The molecule has 0 bridgehead atoms. The van der Waals surface area contributed by atoms with Gasteiger partial charge in [-0.1, -0.05) is 44.8 Å². The molecule has 2 heterocycles. The fraction of sp³-hybridized carbons (Fsp3) is 0.348. The van der Waals surface area contributed by atoms with Crippen LogP contribution in [0.3, 0.4) is 0 Å². The Morgan fingerprint density at radius 3 is 2.86 bits per heavy atom. The Balaban J connectivity index is 1.51. The van der Waals surface area contributed by atoms with Gasteiger partial charge >= 0.3 is 0 Å². The molecule has 2 atom stereocenters. The number of halogens is 1. The fourth-order valence-electron chi connectivity index (χ4n) is 5.17. The summed E-state index contributed by atoms with van der Waals surface area (Å²) in [5.74, 6) is 0. The molecule has 1 aliphatic carbocycles. The summed E-state index contributed by atoms with van der Waals surface area (Å²) in [5, 5.41) is 14.8. The first-order chi connectivity index (χ1) is 13.7. The van der Waals surface area contributed by atoms with E-state index in [4.69, 9.17) is 0 Å². The monoisotopic (exact) mass is 438 g/mol. The van der Waals surface area contributed by atoms with Gasteiger partial charge in [0.05, 0.1) is 18.8 Å². The van der Waals surface area contributed by atoms with Gasteiger partial charge in [0.1, 0.15) is 18.3 Å². The lowest BCUT2D eigenvalue weighted by Gasteiger charge is -2.37. The highest BCUT2D eigenvalue weighted by atomic mass is 79.9. The van der Waals surface area contributed by atoms with Crippen LogP contribution in [0.5, 0.6) is 0 Å². The Morgan fingerprint density at radius 2 is 2.07 bits per heavy atom. The number of aryl methyl sites for hydroxylation is 2. The van der Waals surface area contributed by atoms with Gasteiger partial charge in [-0.15, -0.1) is 0 Å². The molecule has 2 aliphatic rings. The van der Waals surface area contributed by atoms with Gasteiger partial charge in [-0.3, -0.25) is 0 Å². The SMILES string of the molecule is Cc1ccc2c(c1)c1c3n2CC[NH+](C/C(=N\O)c2ccc(Br)cc2)[C@@H]3CCC1. The van der Waals surface area contributed by atoms with Crippen LogP contribution in [0.2, 0.25) is 0 Å². The summed E-state index contributed by atoms with van der Waals surface area (Å²) < 4.78 is 3.60. The maximum absolute atomic E-state index is 9.70.